The maximum absolute atomic E-state index is 13.7. The molecule has 170 valence electrons. The van der Waals surface area contributed by atoms with Gasteiger partial charge in [-0.1, -0.05) is 25.3 Å². The second-order valence-electron chi connectivity index (χ2n) is 8.52. The van der Waals surface area contributed by atoms with Gasteiger partial charge in [-0.25, -0.2) is 4.39 Å². The average Bonchev–Trinajstić information content (AvgIpc) is 2.73. The number of aromatic nitrogens is 2. The van der Waals surface area contributed by atoms with Gasteiger partial charge in [0.1, 0.15) is 11.5 Å². The minimum atomic E-state index is -0.417. The lowest BCUT2D eigenvalue weighted by molar-refractivity contribution is 0.297. The molecule has 31 heavy (non-hydrogen) atoms. The van der Waals surface area contributed by atoms with Crippen molar-refractivity contribution >= 4 is 17.3 Å². The zero-order valence-electron chi connectivity index (χ0n) is 18.4. The molecule has 6 nitrogen and oxygen atoms in total. The number of ether oxygens (including phenoxy) is 1. The highest BCUT2D eigenvalue weighted by molar-refractivity contribution is 6.23. The molecule has 0 amide bonds. The highest BCUT2D eigenvalue weighted by Crippen LogP contribution is 2.25. The minimum Gasteiger partial charge on any atom is -0.486 e. The number of nitrogens with one attached hydrogen (secondary N) is 1. The lowest BCUT2D eigenvalue weighted by atomic mass is 10.0. The molecule has 0 spiro atoms. The van der Waals surface area contributed by atoms with Crippen LogP contribution in [0.2, 0.25) is 0 Å². The Kier molecular flexibility index (Phi) is 8.32. The van der Waals surface area contributed by atoms with Gasteiger partial charge in [-0.05, 0) is 44.9 Å². The molecule has 0 bridgehead atoms. The van der Waals surface area contributed by atoms with E-state index in [4.69, 9.17) is 16.3 Å². The van der Waals surface area contributed by atoms with Gasteiger partial charge in [0.15, 0.2) is 0 Å². The number of halogens is 2. The van der Waals surface area contributed by atoms with E-state index in [0.717, 1.165) is 58.3 Å². The second kappa shape index (κ2) is 11.0. The lowest BCUT2D eigenvalue weighted by Gasteiger charge is -2.30. The third-order valence-corrected chi connectivity index (χ3v) is 5.53. The summed E-state index contributed by atoms with van der Waals surface area (Å²) in [5.74, 6) is -0.136. The highest BCUT2D eigenvalue weighted by atomic mass is 35.5. The van der Waals surface area contributed by atoms with E-state index >= 15 is 0 Å². The molecule has 0 radical (unpaired) electrons. The van der Waals surface area contributed by atoms with Crippen molar-refractivity contribution in [3.05, 3.63) is 46.6 Å². The minimum absolute atomic E-state index is 0.159. The van der Waals surface area contributed by atoms with E-state index in [-0.39, 0.29) is 16.2 Å². The third-order valence-electron chi connectivity index (χ3n) is 5.34. The Morgan fingerprint density at radius 3 is 2.65 bits per heavy atom. The zero-order chi connectivity index (χ0) is 22.3. The molecule has 2 heterocycles. The maximum Gasteiger partial charge on any atom is 0.316 e. The van der Waals surface area contributed by atoms with Crippen molar-refractivity contribution in [2.45, 2.75) is 50.8 Å². The molecular formula is C23H32ClFN4O2. The number of unbranched alkanes of at least 4 members (excludes halogenated alkanes) is 3. The molecule has 0 atom stereocenters. The molecule has 8 heteroatoms. The fourth-order valence-electron chi connectivity index (χ4n) is 3.66. The summed E-state index contributed by atoms with van der Waals surface area (Å²) in [5.41, 5.74) is 0.707. The van der Waals surface area contributed by atoms with E-state index in [2.05, 4.69) is 15.3 Å². The standard InChI is InChI=1S/C23H32ClFN4O2/c1-23(2,24)10-5-3-4-6-15-31-21-20(28-13-11-26-12-14-28)17-27-29(22(21)30)19-9-7-8-18(25)16-19/h7-9,16-17,26H,3-6,10-15H2,1-2H3. The molecule has 1 N–H and O–H groups in total. The Morgan fingerprint density at radius 2 is 1.94 bits per heavy atom. The van der Waals surface area contributed by atoms with E-state index in [1.54, 1.807) is 18.3 Å². The Hall–Kier alpha value is -2.12. The van der Waals surface area contributed by atoms with E-state index in [0.29, 0.717) is 18.0 Å². The summed E-state index contributed by atoms with van der Waals surface area (Å²) in [5, 5.41) is 7.61. The molecule has 1 fully saturated rings. The van der Waals surface area contributed by atoms with Crippen LogP contribution < -0.4 is 20.5 Å². The van der Waals surface area contributed by atoms with E-state index < -0.39 is 5.82 Å². The predicted octanol–water partition coefficient (Wildman–Crippen LogP) is 4.13. The van der Waals surface area contributed by atoms with Crippen molar-refractivity contribution in [3.63, 3.8) is 0 Å². The molecule has 0 saturated carbocycles. The first-order valence-corrected chi connectivity index (χ1v) is 11.4. The predicted molar refractivity (Wildman–Crippen MR) is 123 cm³/mol. The summed E-state index contributed by atoms with van der Waals surface area (Å²) in [4.78, 5) is 15.2. The van der Waals surface area contributed by atoms with E-state index in [9.17, 15) is 9.18 Å². The number of rotatable bonds is 10. The van der Waals surface area contributed by atoms with Gasteiger partial charge in [-0.2, -0.15) is 9.78 Å². The van der Waals surface area contributed by atoms with Crippen LogP contribution in [0.3, 0.4) is 0 Å². The monoisotopic (exact) mass is 450 g/mol. The largest absolute Gasteiger partial charge is 0.486 e. The maximum atomic E-state index is 13.7. The quantitative estimate of drug-likeness (QED) is 0.435. The van der Waals surface area contributed by atoms with Crippen molar-refractivity contribution < 1.29 is 9.13 Å². The number of piperazine rings is 1. The van der Waals surface area contributed by atoms with Crippen LogP contribution in [0.25, 0.3) is 5.69 Å². The van der Waals surface area contributed by atoms with Crippen LogP contribution in [0.15, 0.2) is 35.3 Å². The molecule has 3 rings (SSSR count). The molecule has 0 aliphatic carbocycles. The third kappa shape index (κ3) is 6.94. The molecule has 1 aromatic carbocycles. The first-order valence-electron chi connectivity index (χ1n) is 11.0. The van der Waals surface area contributed by atoms with Crippen molar-refractivity contribution in [1.29, 1.82) is 0 Å². The summed E-state index contributed by atoms with van der Waals surface area (Å²) >= 11 is 6.24. The summed E-state index contributed by atoms with van der Waals surface area (Å²) in [7, 11) is 0. The van der Waals surface area contributed by atoms with Gasteiger partial charge in [0, 0.05) is 31.1 Å². The van der Waals surface area contributed by atoms with E-state index in [1.165, 1.54) is 16.8 Å². The van der Waals surface area contributed by atoms with Crippen LogP contribution in [0.5, 0.6) is 5.75 Å². The lowest BCUT2D eigenvalue weighted by Crippen LogP contribution is -2.44. The van der Waals surface area contributed by atoms with Gasteiger partial charge >= 0.3 is 5.56 Å². The van der Waals surface area contributed by atoms with Gasteiger partial charge in [0.2, 0.25) is 5.75 Å². The topological polar surface area (TPSA) is 59.4 Å². The van der Waals surface area contributed by atoms with Crippen LogP contribution in [0.1, 0.15) is 46.0 Å². The van der Waals surface area contributed by atoms with Crippen molar-refractivity contribution in [3.8, 4) is 11.4 Å². The van der Waals surface area contributed by atoms with Gasteiger partial charge in [0.05, 0.1) is 18.5 Å². The fourth-order valence-corrected chi connectivity index (χ4v) is 3.80. The number of benzene rings is 1. The summed E-state index contributed by atoms with van der Waals surface area (Å²) in [6.07, 6.45) is 6.64. The van der Waals surface area contributed by atoms with Gasteiger partial charge in [-0.15, -0.1) is 11.6 Å². The van der Waals surface area contributed by atoms with Crippen molar-refractivity contribution in [1.82, 2.24) is 15.1 Å². The SMILES string of the molecule is CC(C)(Cl)CCCCCCOc1c(N2CCNCC2)cnn(-c2cccc(F)c2)c1=O. The Morgan fingerprint density at radius 1 is 1.19 bits per heavy atom. The second-order valence-corrected chi connectivity index (χ2v) is 9.55. The van der Waals surface area contributed by atoms with Crippen LogP contribution in [0.4, 0.5) is 10.1 Å². The summed E-state index contributed by atoms with van der Waals surface area (Å²) in [6.45, 7) is 7.73. The molecule has 0 unspecified atom stereocenters. The van der Waals surface area contributed by atoms with Crippen molar-refractivity contribution in [2.24, 2.45) is 0 Å². The number of hydrogen-bond donors (Lipinski definition) is 1. The number of anilines is 1. The van der Waals surface area contributed by atoms with Gasteiger partial charge in [-0.3, -0.25) is 4.79 Å². The number of alkyl halides is 1. The molecule has 1 aliphatic rings. The Bertz CT molecular complexity index is 907. The molecule has 1 saturated heterocycles. The van der Waals surface area contributed by atoms with Crippen LogP contribution in [-0.2, 0) is 0 Å². The first-order chi connectivity index (χ1) is 14.8. The molecule has 2 aromatic rings. The normalized spacial score (nSPS) is 14.6. The number of nitrogens with zero attached hydrogens (tertiary/aromatic N) is 3. The van der Waals surface area contributed by atoms with Crippen LogP contribution >= 0.6 is 11.6 Å². The first kappa shape index (κ1) is 23.5. The molecular weight excluding hydrogens is 419 g/mol. The summed E-state index contributed by atoms with van der Waals surface area (Å²) in [6, 6.07) is 5.85. The molecule has 1 aliphatic heterocycles. The smallest absolute Gasteiger partial charge is 0.316 e. The zero-order valence-corrected chi connectivity index (χ0v) is 19.1. The molecule has 1 aromatic heterocycles. The Labute approximate surface area is 188 Å². The Balaban J connectivity index is 1.72. The highest BCUT2D eigenvalue weighted by Gasteiger charge is 2.21. The number of hydrogen-bond acceptors (Lipinski definition) is 5. The van der Waals surface area contributed by atoms with Gasteiger partial charge < -0.3 is 15.0 Å². The fraction of sp³-hybridized carbons (Fsp3) is 0.565. The van der Waals surface area contributed by atoms with Crippen LogP contribution in [-0.4, -0.2) is 47.4 Å². The van der Waals surface area contributed by atoms with Gasteiger partial charge in [0.25, 0.3) is 0 Å². The average molecular weight is 451 g/mol. The van der Waals surface area contributed by atoms with E-state index in [1.807, 2.05) is 13.8 Å². The van der Waals surface area contributed by atoms with Crippen LogP contribution in [0, 0.1) is 5.82 Å². The van der Waals surface area contributed by atoms with Crippen molar-refractivity contribution in [2.75, 3.05) is 37.7 Å². The summed E-state index contributed by atoms with van der Waals surface area (Å²) < 4.78 is 20.9.